The first-order chi connectivity index (χ1) is 16.2. The van der Waals surface area contributed by atoms with Gasteiger partial charge in [-0.05, 0) is 61.9 Å². The fourth-order valence-corrected chi connectivity index (χ4v) is 4.54. The summed E-state index contributed by atoms with van der Waals surface area (Å²) in [4.78, 5) is 14.9. The lowest BCUT2D eigenvalue weighted by Gasteiger charge is -2.33. The standard InChI is InChI=1S/C25H35F3N2O4/c1-3-34-23(31)7-6-22(29-21-9-12-33-13-10-21)14-17(2)24(32)30-11-8-18-4-5-20(25(26,27)28)15-19(18)16-30/h4-7,15,17,21-23,29,31H,3,8-14,16H2,1-2H3/b7-6+. The molecule has 0 aromatic heterocycles. The van der Waals surface area contributed by atoms with E-state index in [1.165, 1.54) is 6.07 Å². The Bertz CT molecular complexity index is 840. The molecule has 190 valence electrons. The summed E-state index contributed by atoms with van der Waals surface area (Å²) in [5.74, 6) is -0.431. The van der Waals surface area contributed by atoms with Crippen LogP contribution in [0.25, 0.3) is 0 Å². The number of ether oxygens (including phenoxy) is 2. The molecule has 2 heterocycles. The molecule has 2 N–H and O–H groups in total. The Hall–Kier alpha value is -1.94. The minimum absolute atomic E-state index is 0.0828. The summed E-state index contributed by atoms with van der Waals surface area (Å²) >= 11 is 0. The Labute approximate surface area is 199 Å². The van der Waals surface area contributed by atoms with Gasteiger partial charge in [0.2, 0.25) is 5.91 Å². The van der Waals surface area contributed by atoms with Gasteiger partial charge < -0.3 is 24.8 Å². The van der Waals surface area contributed by atoms with Crippen LogP contribution < -0.4 is 5.32 Å². The number of nitrogens with one attached hydrogen (secondary N) is 1. The van der Waals surface area contributed by atoms with Gasteiger partial charge in [0.25, 0.3) is 0 Å². The monoisotopic (exact) mass is 484 g/mol. The quantitative estimate of drug-likeness (QED) is 0.414. The molecule has 3 unspecified atom stereocenters. The Balaban J connectivity index is 1.65. The molecular formula is C25H35F3N2O4. The van der Waals surface area contributed by atoms with Crippen LogP contribution in [0.3, 0.4) is 0 Å². The molecule has 0 radical (unpaired) electrons. The SMILES string of the molecule is CCOC(O)/C=C/C(CC(C)C(=O)N1CCc2ccc(C(F)(F)F)cc2C1)NC1CCOCC1. The molecular weight excluding hydrogens is 449 g/mol. The molecule has 0 bridgehead atoms. The smallest absolute Gasteiger partial charge is 0.381 e. The summed E-state index contributed by atoms with van der Waals surface area (Å²) in [6, 6.07) is 3.87. The maximum atomic E-state index is 13.2. The lowest BCUT2D eigenvalue weighted by Crippen LogP contribution is -2.44. The largest absolute Gasteiger partial charge is 0.416 e. The van der Waals surface area contributed by atoms with Crippen molar-refractivity contribution in [2.24, 2.45) is 5.92 Å². The van der Waals surface area contributed by atoms with Crippen LogP contribution >= 0.6 is 0 Å². The molecule has 1 aromatic carbocycles. The molecule has 2 aliphatic rings. The average Bonchev–Trinajstić information content (AvgIpc) is 2.81. The first-order valence-corrected chi connectivity index (χ1v) is 12.0. The fraction of sp³-hybridized carbons (Fsp3) is 0.640. The van der Waals surface area contributed by atoms with Crippen LogP contribution in [-0.4, -0.2) is 60.7 Å². The molecule has 1 saturated heterocycles. The van der Waals surface area contributed by atoms with Crippen molar-refractivity contribution >= 4 is 5.91 Å². The lowest BCUT2D eigenvalue weighted by molar-refractivity contribution is -0.137. The molecule has 0 spiro atoms. The van der Waals surface area contributed by atoms with Crippen molar-refractivity contribution < 1.29 is 32.5 Å². The molecule has 3 rings (SSSR count). The molecule has 1 fully saturated rings. The minimum Gasteiger partial charge on any atom is -0.381 e. The number of amides is 1. The predicted molar refractivity (Wildman–Crippen MR) is 122 cm³/mol. The van der Waals surface area contributed by atoms with Gasteiger partial charge in [-0.15, -0.1) is 0 Å². The average molecular weight is 485 g/mol. The summed E-state index contributed by atoms with van der Waals surface area (Å²) in [5.41, 5.74) is 0.724. The summed E-state index contributed by atoms with van der Waals surface area (Å²) in [7, 11) is 0. The fourth-order valence-electron chi connectivity index (χ4n) is 4.54. The third kappa shape index (κ3) is 7.53. The highest BCUT2D eigenvalue weighted by Gasteiger charge is 2.33. The molecule has 6 nitrogen and oxygen atoms in total. The third-order valence-electron chi connectivity index (χ3n) is 6.40. The predicted octanol–water partition coefficient (Wildman–Crippen LogP) is 3.66. The molecule has 1 amide bonds. The van der Waals surface area contributed by atoms with Crippen LogP contribution in [0.5, 0.6) is 0 Å². The number of nitrogens with zero attached hydrogens (tertiary/aromatic N) is 1. The Morgan fingerprint density at radius 1 is 1.29 bits per heavy atom. The van der Waals surface area contributed by atoms with Gasteiger partial charge >= 0.3 is 6.18 Å². The Morgan fingerprint density at radius 3 is 2.71 bits per heavy atom. The number of fused-ring (bicyclic) bond motifs is 1. The van der Waals surface area contributed by atoms with Gasteiger partial charge in [-0.2, -0.15) is 13.2 Å². The van der Waals surface area contributed by atoms with Crippen LogP contribution in [-0.2, 0) is 33.4 Å². The number of aliphatic hydroxyl groups is 1. The van der Waals surface area contributed by atoms with Gasteiger partial charge in [-0.1, -0.05) is 19.1 Å². The van der Waals surface area contributed by atoms with E-state index >= 15 is 0 Å². The number of halogens is 3. The van der Waals surface area contributed by atoms with E-state index in [2.05, 4.69) is 5.32 Å². The summed E-state index contributed by atoms with van der Waals surface area (Å²) in [6.07, 6.45) is 0.755. The first kappa shape index (κ1) is 26.7. The van der Waals surface area contributed by atoms with Crippen molar-refractivity contribution in [1.82, 2.24) is 10.2 Å². The van der Waals surface area contributed by atoms with Crippen LogP contribution in [0.2, 0.25) is 0 Å². The second-order valence-electron chi connectivity index (χ2n) is 9.02. The Kier molecular flexibility index (Phi) is 9.53. The van der Waals surface area contributed by atoms with E-state index in [9.17, 15) is 23.1 Å². The normalized spacial score (nSPS) is 20.2. The van der Waals surface area contributed by atoms with Gasteiger partial charge in [0.15, 0.2) is 6.29 Å². The molecule has 2 aliphatic heterocycles. The van der Waals surface area contributed by atoms with E-state index < -0.39 is 18.0 Å². The van der Waals surface area contributed by atoms with Crippen molar-refractivity contribution in [2.45, 2.75) is 70.6 Å². The summed E-state index contributed by atoms with van der Waals surface area (Å²) < 4.78 is 50.0. The number of carbonyl (C=O) groups is 1. The van der Waals surface area contributed by atoms with E-state index in [-0.39, 0.29) is 30.5 Å². The number of rotatable bonds is 9. The number of carbonyl (C=O) groups excluding carboxylic acids is 1. The first-order valence-electron chi connectivity index (χ1n) is 12.0. The van der Waals surface area contributed by atoms with Gasteiger partial charge in [-0.3, -0.25) is 4.79 Å². The van der Waals surface area contributed by atoms with Crippen LogP contribution in [0, 0.1) is 5.92 Å². The summed E-state index contributed by atoms with van der Waals surface area (Å²) in [5, 5.41) is 13.5. The van der Waals surface area contributed by atoms with Crippen LogP contribution in [0.4, 0.5) is 13.2 Å². The van der Waals surface area contributed by atoms with E-state index in [0.29, 0.717) is 44.8 Å². The number of alkyl halides is 3. The van der Waals surface area contributed by atoms with E-state index in [1.807, 2.05) is 13.0 Å². The zero-order valence-electron chi connectivity index (χ0n) is 19.8. The van der Waals surface area contributed by atoms with Crippen molar-refractivity contribution in [3.8, 4) is 0 Å². The zero-order valence-corrected chi connectivity index (χ0v) is 19.8. The van der Waals surface area contributed by atoms with Crippen molar-refractivity contribution in [2.75, 3.05) is 26.4 Å². The van der Waals surface area contributed by atoms with Gasteiger partial charge in [0.1, 0.15) is 0 Å². The molecule has 9 heteroatoms. The third-order valence-corrected chi connectivity index (χ3v) is 6.40. The van der Waals surface area contributed by atoms with Crippen molar-refractivity contribution in [3.63, 3.8) is 0 Å². The number of benzene rings is 1. The highest BCUT2D eigenvalue weighted by atomic mass is 19.4. The number of hydrogen-bond donors (Lipinski definition) is 2. The molecule has 1 aromatic rings. The van der Waals surface area contributed by atoms with Crippen molar-refractivity contribution in [1.29, 1.82) is 0 Å². The second kappa shape index (κ2) is 12.2. The van der Waals surface area contributed by atoms with E-state index in [0.717, 1.165) is 30.5 Å². The summed E-state index contributed by atoms with van der Waals surface area (Å²) in [6.45, 7) is 6.04. The molecule has 3 atom stereocenters. The maximum absolute atomic E-state index is 13.2. The maximum Gasteiger partial charge on any atom is 0.416 e. The zero-order chi connectivity index (χ0) is 24.7. The minimum atomic E-state index is -4.41. The highest BCUT2D eigenvalue weighted by Crippen LogP contribution is 2.32. The topological polar surface area (TPSA) is 71.0 Å². The molecule has 0 saturated carbocycles. The Morgan fingerprint density at radius 2 is 2.03 bits per heavy atom. The van der Waals surface area contributed by atoms with Crippen LogP contribution in [0.15, 0.2) is 30.4 Å². The number of hydrogen-bond acceptors (Lipinski definition) is 5. The van der Waals surface area contributed by atoms with Gasteiger partial charge in [0.05, 0.1) is 5.56 Å². The number of aliphatic hydroxyl groups excluding tert-OH is 1. The molecule has 0 aliphatic carbocycles. The van der Waals surface area contributed by atoms with Crippen LogP contribution in [0.1, 0.15) is 49.8 Å². The lowest BCUT2D eigenvalue weighted by atomic mass is 9.94. The second-order valence-corrected chi connectivity index (χ2v) is 9.02. The molecule has 34 heavy (non-hydrogen) atoms. The van der Waals surface area contributed by atoms with Gasteiger partial charge in [-0.25, -0.2) is 0 Å². The highest BCUT2D eigenvalue weighted by molar-refractivity contribution is 5.79. The van der Waals surface area contributed by atoms with Crippen molar-refractivity contribution in [3.05, 3.63) is 47.0 Å². The van der Waals surface area contributed by atoms with E-state index in [4.69, 9.17) is 9.47 Å². The van der Waals surface area contributed by atoms with Gasteiger partial charge in [0, 0.05) is 50.9 Å². The van der Waals surface area contributed by atoms with E-state index in [1.54, 1.807) is 17.9 Å².